The lowest BCUT2D eigenvalue weighted by Crippen LogP contribution is -2.04. The molecule has 7 heteroatoms. The Morgan fingerprint density at radius 2 is 1.70 bits per heavy atom. The molecule has 0 fully saturated rings. The van der Waals surface area contributed by atoms with E-state index >= 15 is 0 Å². The summed E-state index contributed by atoms with van der Waals surface area (Å²) in [6, 6.07) is 7.21. The SMILES string of the molecule is C=N/C(=C\N=CCC(=C)C#N)C1=C(/C(=C/C(F)=C\CC)C(C)C)CCC1.CC.CCc1ccc(C(F)(F)F)cc1. The van der Waals surface area contributed by atoms with Gasteiger partial charge in [0.05, 0.1) is 23.5 Å². The molecule has 0 spiro atoms. The Labute approximate surface area is 238 Å². The van der Waals surface area contributed by atoms with E-state index in [-0.39, 0.29) is 11.7 Å². The molecule has 0 atom stereocenters. The molecule has 218 valence electrons. The summed E-state index contributed by atoms with van der Waals surface area (Å²) in [5, 5.41) is 8.72. The number of halogens is 4. The van der Waals surface area contributed by atoms with Gasteiger partial charge in [0.25, 0.3) is 0 Å². The summed E-state index contributed by atoms with van der Waals surface area (Å²) in [4.78, 5) is 8.36. The molecule has 0 saturated carbocycles. The van der Waals surface area contributed by atoms with Crippen molar-refractivity contribution in [3.05, 3.63) is 94.1 Å². The first kappa shape index (κ1) is 36.5. The van der Waals surface area contributed by atoms with Gasteiger partial charge in [0, 0.05) is 18.2 Å². The fourth-order valence-electron chi connectivity index (χ4n) is 3.83. The number of aliphatic imine (C=N–C) groups is 2. The van der Waals surface area contributed by atoms with Gasteiger partial charge in [-0.15, -0.1) is 0 Å². The van der Waals surface area contributed by atoms with Crippen molar-refractivity contribution in [1.82, 2.24) is 0 Å². The Morgan fingerprint density at radius 3 is 2.17 bits per heavy atom. The van der Waals surface area contributed by atoms with Crippen LogP contribution in [0.15, 0.2) is 93.0 Å². The highest BCUT2D eigenvalue weighted by atomic mass is 19.4. The van der Waals surface area contributed by atoms with E-state index < -0.39 is 11.7 Å². The fourth-order valence-corrected chi connectivity index (χ4v) is 3.83. The average Bonchev–Trinajstić information content (AvgIpc) is 3.41. The number of rotatable bonds is 10. The monoisotopic (exact) mass is 557 g/mol. The number of hydrogen-bond acceptors (Lipinski definition) is 3. The van der Waals surface area contributed by atoms with Gasteiger partial charge < -0.3 is 0 Å². The smallest absolute Gasteiger partial charge is 0.266 e. The van der Waals surface area contributed by atoms with E-state index in [0.29, 0.717) is 24.1 Å². The number of hydrogen-bond donors (Lipinski definition) is 0. The van der Waals surface area contributed by atoms with Crippen molar-refractivity contribution >= 4 is 12.9 Å². The third kappa shape index (κ3) is 13.0. The van der Waals surface area contributed by atoms with Gasteiger partial charge >= 0.3 is 6.18 Å². The number of aryl methyl sites for hydroxylation is 1. The molecule has 0 N–H and O–H groups in total. The zero-order valence-electron chi connectivity index (χ0n) is 24.7. The van der Waals surface area contributed by atoms with Crippen molar-refractivity contribution in [2.75, 3.05) is 0 Å². The molecule has 0 heterocycles. The molecule has 0 saturated heterocycles. The quantitative estimate of drug-likeness (QED) is 0.122. The van der Waals surface area contributed by atoms with Crippen LogP contribution in [0.2, 0.25) is 0 Å². The molecule has 1 aromatic carbocycles. The van der Waals surface area contributed by atoms with E-state index in [1.165, 1.54) is 12.1 Å². The van der Waals surface area contributed by atoms with Gasteiger partial charge in [-0.3, -0.25) is 9.98 Å². The van der Waals surface area contributed by atoms with Crippen molar-refractivity contribution in [1.29, 1.82) is 5.26 Å². The third-order valence-corrected chi connectivity index (χ3v) is 5.85. The highest BCUT2D eigenvalue weighted by molar-refractivity contribution is 5.63. The molecule has 0 bridgehead atoms. The summed E-state index contributed by atoms with van der Waals surface area (Å²) in [6.07, 6.45) is 6.95. The molecule has 3 nitrogen and oxygen atoms in total. The minimum Gasteiger partial charge on any atom is -0.266 e. The van der Waals surface area contributed by atoms with Gasteiger partial charge in [-0.05, 0) is 91.3 Å². The minimum absolute atomic E-state index is 0.194. The number of nitriles is 1. The first-order valence-electron chi connectivity index (χ1n) is 13.7. The van der Waals surface area contributed by atoms with Crippen LogP contribution in [-0.4, -0.2) is 12.9 Å². The molecular weight excluding hydrogens is 514 g/mol. The van der Waals surface area contributed by atoms with E-state index in [9.17, 15) is 17.6 Å². The van der Waals surface area contributed by atoms with Crippen LogP contribution in [0.1, 0.15) is 84.8 Å². The lowest BCUT2D eigenvalue weighted by Gasteiger charge is -2.15. The maximum absolute atomic E-state index is 14.1. The Kier molecular flexibility index (Phi) is 17.8. The second-order valence-electron chi connectivity index (χ2n) is 9.03. The highest BCUT2D eigenvalue weighted by Crippen LogP contribution is 2.39. The Morgan fingerprint density at radius 1 is 1.10 bits per heavy atom. The minimum atomic E-state index is -4.22. The lowest BCUT2D eigenvalue weighted by molar-refractivity contribution is -0.137. The summed E-state index contributed by atoms with van der Waals surface area (Å²) < 4.78 is 50.2. The molecule has 1 aromatic rings. The molecule has 1 aliphatic rings. The van der Waals surface area contributed by atoms with Crippen LogP contribution < -0.4 is 0 Å². The molecular formula is C33H43F4N3. The Bertz CT molecular complexity index is 1140. The maximum Gasteiger partial charge on any atom is 0.416 e. The standard InChI is InChI=1S/C22H28FN3.C9H9F3.C2H6/c1-6-8-18(23)13-21(16(2)3)19-9-7-10-20(19)22(25-5)15-26-12-11-17(4)14-24;1-2-7-3-5-8(6-4-7)9(10,11)12;1-2/h8,12-13,15-16H,4-7,9-11H2,1-3H3;3-6H,2H2,1H3;1-2H3/b18-8+,21-13+,22-15-,26-12?;;. The number of benzene rings is 1. The van der Waals surface area contributed by atoms with E-state index in [4.69, 9.17) is 5.26 Å². The summed E-state index contributed by atoms with van der Waals surface area (Å²) in [7, 11) is 0. The molecule has 0 amide bonds. The van der Waals surface area contributed by atoms with Gasteiger partial charge in [0.2, 0.25) is 0 Å². The van der Waals surface area contributed by atoms with E-state index in [2.05, 4.69) is 37.1 Å². The van der Waals surface area contributed by atoms with Crippen molar-refractivity contribution < 1.29 is 17.6 Å². The predicted octanol–water partition coefficient (Wildman–Crippen LogP) is 10.7. The zero-order valence-corrected chi connectivity index (χ0v) is 24.7. The van der Waals surface area contributed by atoms with E-state index in [1.807, 2.05) is 33.8 Å². The molecule has 0 unspecified atom stereocenters. The van der Waals surface area contributed by atoms with E-state index in [0.717, 1.165) is 60.1 Å². The molecule has 0 aliphatic heterocycles. The van der Waals surface area contributed by atoms with Crippen molar-refractivity contribution in [3.8, 4) is 6.07 Å². The van der Waals surface area contributed by atoms with Crippen LogP contribution in [0.5, 0.6) is 0 Å². The lowest BCUT2D eigenvalue weighted by atomic mass is 9.91. The summed E-state index contributed by atoms with van der Waals surface area (Å²) in [5.41, 5.74) is 4.75. The van der Waals surface area contributed by atoms with Gasteiger partial charge in [-0.25, -0.2) is 4.39 Å². The molecule has 0 aromatic heterocycles. The second kappa shape index (κ2) is 19.5. The van der Waals surface area contributed by atoms with Crippen LogP contribution in [0.25, 0.3) is 0 Å². The van der Waals surface area contributed by atoms with Crippen LogP contribution in [-0.2, 0) is 12.6 Å². The van der Waals surface area contributed by atoms with Gasteiger partial charge in [-0.1, -0.05) is 60.3 Å². The Hall–Kier alpha value is -3.53. The predicted molar refractivity (Wildman–Crippen MR) is 161 cm³/mol. The molecule has 2 rings (SSSR count). The van der Waals surface area contributed by atoms with Crippen molar-refractivity contribution in [3.63, 3.8) is 0 Å². The number of nitrogens with zero attached hydrogens (tertiary/aromatic N) is 3. The van der Waals surface area contributed by atoms with Crippen LogP contribution >= 0.6 is 0 Å². The van der Waals surface area contributed by atoms with Crippen LogP contribution in [0, 0.1) is 17.2 Å². The number of alkyl halides is 3. The fraction of sp³-hybridized carbons (Fsp3) is 0.424. The van der Waals surface area contributed by atoms with E-state index in [1.54, 1.807) is 24.6 Å². The van der Waals surface area contributed by atoms with Crippen molar-refractivity contribution in [2.45, 2.75) is 86.2 Å². The van der Waals surface area contributed by atoms with Crippen LogP contribution in [0.3, 0.4) is 0 Å². The van der Waals surface area contributed by atoms with Gasteiger partial charge in [0.15, 0.2) is 0 Å². The highest BCUT2D eigenvalue weighted by Gasteiger charge is 2.29. The van der Waals surface area contributed by atoms with Gasteiger partial charge in [-0.2, -0.15) is 18.4 Å². The van der Waals surface area contributed by atoms with Crippen molar-refractivity contribution in [2.24, 2.45) is 15.9 Å². The summed E-state index contributed by atoms with van der Waals surface area (Å²) in [6.45, 7) is 19.3. The Balaban J connectivity index is 0.000000902. The molecule has 0 radical (unpaired) electrons. The normalized spacial score (nSPS) is 14.4. The topological polar surface area (TPSA) is 48.5 Å². The van der Waals surface area contributed by atoms with Gasteiger partial charge in [0.1, 0.15) is 5.83 Å². The summed E-state index contributed by atoms with van der Waals surface area (Å²) in [5.74, 6) is 0.0164. The maximum atomic E-state index is 14.1. The number of allylic oxidation sites excluding steroid dienone is 7. The summed E-state index contributed by atoms with van der Waals surface area (Å²) >= 11 is 0. The zero-order chi connectivity index (χ0) is 30.7. The first-order chi connectivity index (χ1) is 19.0. The average molecular weight is 558 g/mol. The first-order valence-corrected chi connectivity index (χ1v) is 13.7. The molecule has 1 aliphatic carbocycles. The third-order valence-electron chi connectivity index (χ3n) is 5.85. The largest absolute Gasteiger partial charge is 0.416 e. The van der Waals surface area contributed by atoms with Crippen LogP contribution in [0.4, 0.5) is 17.6 Å². The molecule has 40 heavy (non-hydrogen) atoms. The second-order valence-corrected chi connectivity index (χ2v) is 9.03.